The molecule has 3 saturated heterocycles. The molecule has 32 heavy (non-hydrogen) atoms. The first-order valence-electron chi connectivity index (χ1n) is 11.4. The van der Waals surface area contributed by atoms with Gasteiger partial charge in [0.25, 0.3) is 0 Å². The van der Waals surface area contributed by atoms with Gasteiger partial charge in [-0.1, -0.05) is 20.8 Å². The number of rotatable bonds is 4. The second kappa shape index (κ2) is 8.48. The van der Waals surface area contributed by atoms with Crippen molar-refractivity contribution in [2.75, 3.05) is 51.3 Å². The van der Waals surface area contributed by atoms with Gasteiger partial charge < -0.3 is 25.2 Å². The van der Waals surface area contributed by atoms with Crippen LogP contribution in [0, 0.1) is 5.41 Å². The highest BCUT2D eigenvalue weighted by atomic mass is 16.5. The lowest BCUT2D eigenvalue weighted by molar-refractivity contribution is -0.139. The number of likely N-dealkylation sites (tertiary alicyclic amines) is 1. The Morgan fingerprint density at radius 3 is 2.44 bits per heavy atom. The summed E-state index contributed by atoms with van der Waals surface area (Å²) in [7, 11) is 2.10. The molecular weight excluding hydrogens is 408 g/mol. The summed E-state index contributed by atoms with van der Waals surface area (Å²) in [5.74, 6) is -1.34. The first-order valence-corrected chi connectivity index (χ1v) is 11.4. The van der Waals surface area contributed by atoms with Gasteiger partial charge in [0.05, 0.1) is 12.0 Å². The first kappa shape index (κ1) is 22.7. The Bertz CT molecular complexity index is 917. The number of benzene rings is 1. The molecule has 0 aliphatic carbocycles. The van der Waals surface area contributed by atoms with E-state index in [-0.39, 0.29) is 24.4 Å². The fourth-order valence-corrected chi connectivity index (χ4v) is 5.25. The molecule has 174 valence electrons. The SMILES string of the molecule is CN1CCN(c2ccc(C(N)=O)c([C@@H](C(=O)N3CC[C@H]4OCC(=O)[C@H]43)C(C)(C)C)c2)CC1. The predicted molar refractivity (Wildman–Crippen MR) is 122 cm³/mol. The van der Waals surface area contributed by atoms with Crippen LogP contribution in [0.1, 0.15) is 49.0 Å². The molecule has 3 atom stereocenters. The van der Waals surface area contributed by atoms with Gasteiger partial charge in [-0.15, -0.1) is 0 Å². The topological polar surface area (TPSA) is 96.2 Å². The number of primary amides is 1. The van der Waals surface area contributed by atoms with Crippen molar-refractivity contribution in [2.45, 2.75) is 45.3 Å². The van der Waals surface area contributed by atoms with Crippen LogP contribution >= 0.6 is 0 Å². The van der Waals surface area contributed by atoms with E-state index in [9.17, 15) is 14.4 Å². The van der Waals surface area contributed by atoms with Crippen LogP contribution in [-0.4, -0.2) is 85.9 Å². The number of nitrogens with two attached hydrogens (primary N) is 1. The number of nitrogens with zero attached hydrogens (tertiary/aromatic N) is 3. The van der Waals surface area contributed by atoms with Gasteiger partial charge in [0.1, 0.15) is 12.6 Å². The van der Waals surface area contributed by atoms with Crippen molar-refractivity contribution in [2.24, 2.45) is 11.1 Å². The Morgan fingerprint density at radius 2 is 1.81 bits per heavy atom. The van der Waals surface area contributed by atoms with Gasteiger partial charge in [-0.2, -0.15) is 0 Å². The predicted octanol–water partition coefficient (Wildman–Crippen LogP) is 1.24. The maximum absolute atomic E-state index is 13.9. The van der Waals surface area contributed by atoms with E-state index < -0.39 is 23.3 Å². The van der Waals surface area contributed by atoms with E-state index >= 15 is 0 Å². The lowest BCUT2D eigenvalue weighted by Crippen LogP contribution is -2.47. The van der Waals surface area contributed by atoms with E-state index in [0.717, 1.165) is 31.9 Å². The van der Waals surface area contributed by atoms with Gasteiger partial charge >= 0.3 is 0 Å². The van der Waals surface area contributed by atoms with Crippen LogP contribution in [0.15, 0.2) is 18.2 Å². The number of carbonyl (C=O) groups excluding carboxylic acids is 3. The molecule has 3 fully saturated rings. The number of amides is 2. The van der Waals surface area contributed by atoms with Crippen LogP contribution in [0.25, 0.3) is 0 Å². The van der Waals surface area contributed by atoms with Crippen molar-refractivity contribution in [3.63, 3.8) is 0 Å². The number of likely N-dealkylation sites (N-methyl/N-ethyl adjacent to an activating group) is 1. The summed E-state index contributed by atoms with van der Waals surface area (Å²) in [5.41, 5.74) is 7.25. The third-order valence-electron chi connectivity index (χ3n) is 6.99. The molecule has 3 aliphatic heterocycles. The van der Waals surface area contributed by atoms with Crippen LogP contribution in [-0.2, 0) is 14.3 Å². The fourth-order valence-electron chi connectivity index (χ4n) is 5.25. The third kappa shape index (κ3) is 4.13. The Labute approximate surface area is 189 Å². The third-order valence-corrected chi connectivity index (χ3v) is 6.99. The zero-order valence-corrected chi connectivity index (χ0v) is 19.5. The summed E-state index contributed by atoms with van der Waals surface area (Å²) in [6.07, 6.45) is 0.433. The lowest BCUT2D eigenvalue weighted by Gasteiger charge is -2.37. The smallest absolute Gasteiger partial charge is 0.249 e. The monoisotopic (exact) mass is 442 g/mol. The highest BCUT2D eigenvalue weighted by Crippen LogP contribution is 2.42. The van der Waals surface area contributed by atoms with Crippen molar-refractivity contribution >= 4 is 23.3 Å². The van der Waals surface area contributed by atoms with Gasteiger partial charge in [-0.05, 0) is 42.6 Å². The molecule has 3 heterocycles. The van der Waals surface area contributed by atoms with Gasteiger partial charge in [-0.3, -0.25) is 14.4 Å². The maximum Gasteiger partial charge on any atom is 0.249 e. The minimum Gasteiger partial charge on any atom is -0.369 e. The van der Waals surface area contributed by atoms with Crippen LogP contribution < -0.4 is 10.6 Å². The summed E-state index contributed by atoms with van der Waals surface area (Å²) in [6.45, 7) is 10.2. The summed E-state index contributed by atoms with van der Waals surface area (Å²) in [5, 5.41) is 0. The van der Waals surface area contributed by atoms with Crippen molar-refractivity contribution < 1.29 is 19.1 Å². The molecule has 0 radical (unpaired) electrons. The highest BCUT2D eigenvalue weighted by molar-refractivity contribution is 5.99. The molecule has 8 heteroatoms. The first-order chi connectivity index (χ1) is 15.1. The molecule has 0 unspecified atom stereocenters. The highest BCUT2D eigenvalue weighted by Gasteiger charge is 2.50. The minimum atomic E-state index is -0.607. The quantitative estimate of drug-likeness (QED) is 0.754. The van der Waals surface area contributed by atoms with Crippen LogP contribution in [0.3, 0.4) is 0 Å². The van der Waals surface area contributed by atoms with E-state index in [2.05, 4.69) is 16.8 Å². The molecule has 2 amide bonds. The molecule has 0 saturated carbocycles. The van der Waals surface area contributed by atoms with Crippen molar-refractivity contribution in [3.8, 4) is 0 Å². The summed E-state index contributed by atoms with van der Waals surface area (Å²) in [6, 6.07) is 5.10. The van der Waals surface area contributed by atoms with E-state index in [1.54, 1.807) is 11.0 Å². The van der Waals surface area contributed by atoms with Gasteiger partial charge in [0.2, 0.25) is 11.8 Å². The molecule has 2 N–H and O–H groups in total. The second-order valence-corrected chi connectivity index (χ2v) is 10.3. The lowest BCUT2D eigenvalue weighted by atomic mass is 9.73. The number of hydrogen-bond acceptors (Lipinski definition) is 6. The van der Waals surface area contributed by atoms with E-state index in [0.29, 0.717) is 24.1 Å². The molecule has 8 nitrogen and oxygen atoms in total. The van der Waals surface area contributed by atoms with Crippen LogP contribution in [0.2, 0.25) is 0 Å². The molecule has 0 aromatic heterocycles. The average molecular weight is 443 g/mol. The molecule has 1 aromatic rings. The number of piperazine rings is 1. The van der Waals surface area contributed by atoms with Gasteiger partial charge in [0.15, 0.2) is 5.78 Å². The van der Waals surface area contributed by atoms with Crippen LogP contribution in [0.5, 0.6) is 0 Å². The molecule has 3 aliphatic rings. The summed E-state index contributed by atoms with van der Waals surface area (Å²) in [4.78, 5) is 45.0. The standard InChI is InChI=1S/C24H34N4O4/c1-24(2,3)20(23(31)28-8-7-19-21(28)18(29)14-32-19)17-13-15(5-6-16(17)22(25)30)27-11-9-26(4)10-12-27/h5-6,13,19-21H,7-12,14H2,1-4H3,(H2,25,30)/t19-,20+,21-/m1/s1. The maximum atomic E-state index is 13.9. The minimum absolute atomic E-state index is 0.0465. The summed E-state index contributed by atoms with van der Waals surface area (Å²) < 4.78 is 5.58. The Hall–Kier alpha value is -2.45. The van der Waals surface area contributed by atoms with Crippen LogP contribution in [0.4, 0.5) is 5.69 Å². The number of ether oxygens (including phenoxy) is 1. The average Bonchev–Trinajstić information content (AvgIpc) is 3.30. The fraction of sp³-hybridized carbons (Fsp3) is 0.625. The molecule has 0 bridgehead atoms. The molecular formula is C24H34N4O4. The normalized spacial score (nSPS) is 25.2. The van der Waals surface area contributed by atoms with E-state index in [1.165, 1.54) is 0 Å². The second-order valence-electron chi connectivity index (χ2n) is 10.3. The Morgan fingerprint density at radius 1 is 1.12 bits per heavy atom. The zero-order chi connectivity index (χ0) is 23.2. The zero-order valence-electron chi connectivity index (χ0n) is 19.5. The van der Waals surface area contributed by atoms with E-state index in [4.69, 9.17) is 10.5 Å². The van der Waals surface area contributed by atoms with Gasteiger partial charge in [-0.25, -0.2) is 0 Å². The molecule has 0 spiro atoms. The van der Waals surface area contributed by atoms with E-state index in [1.807, 2.05) is 32.9 Å². The van der Waals surface area contributed by atoms with Crippen molar-refractivity contribution in [3.05, 3.63) is 29.3 Å². The number of ketones is 1. The number of fused-ring (bicyclic) bond motifs is 1. The van der Waals surface area contributed by atoms with Crippen molar-refractivity contribution in [1.29, 1.82) is 0 Å². The Kier molecular flexibility index (Phi) is 6.02. The molecule has 1 aromatic carbocycles. The number of anilines is 1. The Balaban J connectivity index is 1.74. The summed E-state index contributed by atoms with van der Waals surface area (Å²) >= 11 is 0. The number of hydrogen-bond donors (Lipinski definition) is 1. The number of Topliss-reactive ketones (excluding diaryl/α,β-unsaturated/α-hetero) is 1. The van der Waals surface area contributed by atoms with Gasteiger partial charge in [0, 0.05) is 44.0 Å². The molecule has 4 rings (SSSR count). The number of carbonyl (C=O) groups is 3. The van der Waals surface area contributed by atoms with Crippen molar-refractivity contribution in [1.82, 2.24) is 9.80 Å². The largest absolute Gasteiger partial charge is 0.369 e.